The summed E-state index contributed by atoms with van der Waals surface area (Å²) < 4.78 is 0. The Hall–Kier alpha value is -1.12. The molecule has 1 aromatic carbocycles. The Labute approximate surface area is 92.2 Å². The lowest BCUT2D eigenvalue weighted by Crippen LogP contribution is -2.38. The lowest BCUT2D eigenvalue weighted by atomic mass is 10.1. The molecular formula is C13H20N2. The van der Waals surface area contributed by atoms with Gasteiger partial charge in [0.25, 0.3) is 0 Å². The summed E-state index contributed by atoms with van der Waals surface area (Å²) in [4.78, 5) is 0. The normalized spacial score (nSPS) is 14.6. The smallest absolute Gasteiger partial charge is 0.0548 e. The van der Waals surface area contributed by atoms with Crippen LogP contribution in [-0.2, 0) is 0 Å². The molecule has 0 aliphatic carbocycles. The van der Waals surface area contributed by atoms with Crippen molar-refractivity contribution in [3.05, 3.63) is 42.0 Å². The quantitative estimate of drug-likeness (QED) is 0.724. The van der Waals surface area contributed by atoms with Crippen molar-refractivity contribution < 1.29 is 0 Å². The molecule has 0 radical (unpaired) electrons. The molecule has 0 heterocycles. The van der Waals surface area contributed by atoms with E-state index >= 15 is 0 Å². The van der Waals surface area contributed by atoms with Gasteiger partial charge >= 0.3 is 0 Å². The van der Waals surface area contributed by atoms with Gasteiger partial charge in [0, 0.05) is 6.04 Å². The van der Waals surface area contributed by atoms with Crippen LogP contribution in [0.15, 0.2) is 30.8 Å². The third-order valence-corrected chi connectivity index (χ3v) is 2.58. The number of hydrogen-bond acceptors (Lipinski definition) is 2. The third kappa shape index (κ3) is 3.50. The second kappa shape index (κ2) is 5.69. The molecule has 0 spiro atoms. The molecule has 2 unspecified atom stereocenters. The molecule has 2 heteroatoms. The monoisotopic (exact) mass is 204 g/mol. The van der Waals surface area contributed by atoms with Crippen LogP contribution in [0.1, 0.15) is 37.4 Å². The van der Waals surface area contributed by atoms with Gasteiger partial charge in [0.05, 0.1) is 6.17 Å². The zero-order chi connectivity index (χ0) is 11.3. The van der Waals surface area contributed by atoms with Gasteiger partial charge in [-0.25, -0.2) is 0 Å². The molecule has 0 aliphatic heterocycles. The van der Waals surface area contributed by atoms with E-state index in [1.807, 2.05) is 6.08 Å². The second-order valence-electron chi connectivity index (χ2n) is 3.77. The van der Waals surface area contributed by atoms with Crippen LogP contribution in [0, 0.1) is 0 Å². The van der Waals surface area contributed by atoms with Gasteiger partial charge in [-0.3, -0.25) is 5.32 Å². The Morgan fingerprint density at radius 3 is 2.47 bits per heavy atom. The van der Waals surface area contributed by atoms with Crippen molar-refractivity contribution in [3.63, 3.8) is 0 Å². The maximum Gasteiger partial charge on any atom is 0.0548 e. The highest BCUT2D eigenvalue weighted by atomic mass is 15.0. The summed E-state index contributed by atoms with van der Waals surface area (Å²) in [5, 5.41) is 3.34. The maximum absolute atomic E-state index is 5.84. The van der Waals surface area contributed by atoms with E-state index in [1.165, 1.54) is 5.56 Å². The minimum Gasteiger partial charge on any atom is -0.316 e. The van der Waals surface area contributed by atoms with E-state index < -0.39 is 0 Å². The number of rotatable bonds is 5. The van der Waals surface area contributed by atoms with E-state index in [1.54, 1.807) is 0 Å². The van der Waals surface area contributed by atoms with Gasteiger partial charge in [0.15, 0.2) is 0 Å². The summed E-state index contributed by atoms with van der Waals surface area (Å²) in [5.41, 5.74) is 8.24. The fourth-order valence-electron chi connectivity index (χ4n) is 1.46. The van der Waals surface area contributed by atoms with Crippen LogP contribution >= 0.6 is 0 Å². The first-order valence-corrected chi connectivity index (χ1v) is 5.41. The molecule has 0 fully saturated rings. The molecule has 2 atom stereocenters. The Kier molecular flexibility index (Phi) is 4.53. The standard InChI is InChI=1S/C13H20N2/c1-4-11-6-8-12(9-7-11)10(3)15-13(14)5-2/h4,6-10,13,15H,1,5,14H2,2-3H3. The lowest BCUT2D eigenvalue weighted by molar-refractivity contribution is 0.453. The van der Waals surface area contributed by atoms with Crippen LogP contribution in [0.2, 0.25) is 0 Å². The fraction of sp³-hybridized carbons (Fsp3) is 0.385. The van der Waals surface area contributed by atoms with E-state index in [4.69, 9.17) is 5.73 Å². The predicted octanol–water partition coefficient (Wildman–Crippen LogP) is 2.68. The minimum atomic E-state index is 0.0686. The zero-order valence-corrected chi connectivity index (χ0v) is 9.53. The molecule has 0 aromatic heterocycles. The molecule has 2 nitrogen and oxygen atoms in total. The van der Waals surface area contributed by atoms with Crippen molar-refractivity contribution in [1.29, 1.82) is 0 Å². The van der Waals surface area contributed by atoms with E-state index in [2.05, 4.69) is 50.0 Å². The topological polar surface area (TPSA) is 38.0 Å². The first-order valence-electron chi connectivity index (χ1n) is 5.41. The van der Waals surface area contributed by atoms with Gasteiger partial charge in [-0.2, -0.15) is 0 Å². The SMILES string of the molecule is C=Cc1ccc(C(C)NC(N)CC)cc1. The van der Waals surface area contributed by atoms with Gasteiger partial charge < -0.3 is 5.73 Å². The molecule has 0 amide bonds. The predicted molar refractivity (Wildman–Crippen MR) is 66.4 cm³/mol. The molecule has 0 saturated heterocycles. The summed E-state index contributed by atoms with van der Waals surface area (Å²) in [6.07, 6.45) is 2.86. The number of nitrogens with two attached hydrogens (primary N) is 1. The van der Waals surface area contributed by atoms with Crippen molar-refractivity contribution in [2.24, 2.45) is 5.73 Å². The molecule has 0 aliphatic rings. The average molecular weight is 204 g/mol. The minimum absolute atomic E-state index is 0.0686. The molecule has 1 aromatic rings. The number of hydrogen-bond donors (Lipinski definition) is 2. The fourth-order valence-corrected chi connectivity index (χ4v) is 1.46. The maximum atomic E-state index is 5.84. The van der Waals surface area contributed by atoms with Crippen LogP contribution in [0.25, 0.3) is 6.08 Å². The van der Waals surface area contributed by atoms with E-state index in [0.717, 1.165) is 12.0 Å². The Morgan fingerprint density at radius 1 is 1.40 bits per heavy atom. The van der Waals surface area contributed by atoms with E-state index in [9.17, 15) is 0 Å². The highest BCUT2D eigenvalue weighted by Gasteiger charge is 2.07. The van der Waals surface area contributed by atoms with Crippen molar-refractivity contribution in [1.82, 2.24) is 5.32 Å². The second-order valence-corrected chi connectivity index (χ2v) is 3.77. The van der Waals surface area contributed by atoms with Gasteiger partial charge in [-0.15, -0.1) is 0 Å². The molecular weight excluding hydrogens is 184 g/mol. The van der Waals surface area contributed by atoms with Gasteiger partial charge in [0.1, 0.15) is 0 Å². The molecule has 82 valence electrons. The van der Waals surface area contributed by atoms with Gasteiger partial charge in [0.2, 0.25) is 0 Å². The largest absolute Gasteiger partial charge is 0.316 e. The van der Waals surface area contributed by atoms with Crippen LogP contribution in [0.3, 0.4) is 0 Å². The summed E-state index contributed by atoms with van der Waals surface area (Å²) in [5.74, 6) is 0. The van der Waals surface area contributed by atoms with Crippen LogP contribution < -0.4 is 11.1 Å². The van der Waals surface area contributed by atoms with Crippen LogP contribution in [0.5, 0.6) is 0 Å². The highest BCUT2D eigenvalue weighted by Crippen LogP contribution is 2.14. The van der Waals surface area contributed by atoms with Crippen LogP contribution in [-0.4, -0.2) is 6.17 Å². The Morgan fingerprint density at radius 2 is 2.00 bits per heavy atom. The highest BCUT2D eigenvalue weighted by molar-refractivity contribution is 5.47. The lowest BCUT2D eigenvalue weighted by Gasteiger charge is -2.19. The number of benzene rings is 1. The van der Waals surface area contributed by atoms with Crippen molar-refractivity contribution >= 4 is 6.08 Å². The zero-order valence-electron chi connectivity index (χ0n) is 9.53. The Balaban J connectivity index is 2.65. The summed E-state index contributed by atoms with van der Waals surface area (Å²) >= 11 is 0. The Bertz CT molecular complexity index is 303. The van der Waals surface area contributed by atoms with E-state index in [0.29, 0.717) is 6.04 Å². The van der Waals surface area contributed by atoms with Crippen molar-refractivity contribution in [2.45, 2.75) is 32.5 Å². The molecule has 3 N–H and O–H groups in total. The van der Waals surface area contributed by atoms with Gasteiger partial charge in [-0.05, 0) is 24.5 Å². The first-order chi connectivity index (χ1) is 7.17. The summed E-state index contributed by atoms with van der Waals surface area (Å²) in [7, 11) is 0. The number of nitrogens with one attached hydrogen (secondary N) is 1. The average Bonchev–Trinajstić information content (AvgIpc) is 2.29. The third-order valence-electron chi connectivity index (χ3n) is 2.58. The van der Waals surface area contributed by atoms with Crippen LogP contribution in [0.4, 0.5) is 0 Å². The van der Waals surface area contributed by atoms with Gasteiger partial charge in [-0.1, -0.05) is 43.8 Å². The van der Waals surface area contributed by atoms with Crippen molar-refractivity contribution in [2.75, 3.05) is 0 Å². The molecule has 15 heavy (non-hydrogen) atoms. The summed E-state index contributed by atoms with van der Waals surface area (Å²) in [6.45, 7) is 7.93. The molecule has 0 saturated carbocycles. The first kappa shape index (κ1) is 12.0. The van der Waals surface area contributed by atoms with E-state index in [-0.39, 0.29) is 6.17 Å². The summed E-state index contributed by atoms with van der Waals surface area (Å²) in [6, 6.07) is 8.64. The molecule has 0 bridgehead atoms. The van der Waals surface area contributed by atoms with Crippen molar-refractivity contribution in [3.8, 4) is 0 Å². The molecule has 1 rings (SSSR count).